The lowest BCUT2D eigenvalue weighted by Gasteiger charge is -2.07. The topological polar surface area (TPSA) is 78.0 Å². The molecule has 94 valence electrons. The van der Waals surface area contributed by atoms with Gasteiger partial charge in [-0.3, -0.25) is 0 Å². The first-order valence-electron chi connectivity index (χ1n) is 5.60. The molecule has 0 atom stereocenters. The Morgan fingerprint density at radius 3 is 2.72 bits per heavy atom. The second-order valence-electron chi connectivity index (χ2n) is 4.54. The second-order valence-corrected chi connectivity index (χ2v) is 6.61. The fraction of sp³-hybridized carbons (Fsp3) is 0.250. The molecule has 0 radical (unpaired) electrons. The van der Waals surface area contributed by atoms with Gasteiger partial charge in [0.1, 0.15) is 5.82 Å². The highest BCUT2D eigenvalue weighted by Gasteiger charge is 2.32. The summed E-state index contributed by atoms with van der Waals surface area (Å²) < 4.78 is 25.0. The average molecular weight is 263 g/mol. The van der Waals surface area contributed by atoms with Gasteiger partial charge in [0.25, 0.3) is 0 Å². The van der Waals surface area contributed by atoms with Gasteiger partial charge in [0.05, 0.1) is 22.9 Å². The first-order valence-corrected chi connectivity index (χ1v) is 7.43. The van der Waals surface area contributed by atoms with E-state index < -0.39 is 9.84 Å². The maximum absolute atomic E-state index is 11.7. The molecule has 0 spiro atoms. The summed E-state index contributed by atoms with van der Waals surface area (Å²) in [5, 5.41) is 4.26. The Labute approximate surface area is 105 Å². The molecule has 1 aromatic heterocycles. The second kappa shape index (κ2) is 3.58. The van der Waals surface area contributed by atoms with Gasteiger partial charge < -0.3 is 5.73 Å². The molecular formula is C12H13N3O2S. The Balaban J connectivity index is 2.23. The molecule has 0 amide bonds. The van der Waals surface area contributed by atoms with E-state index in [-0.39, 0.29) is 11.5 Å². The lowest BCUT2D eigenvalue weighted by molar-refractivity contribution is 0.596. The van der Waals surface area contributed by atoms with Crippen molar-refractivity contribution < 1.29 is 8.42 Å². The zero-order valence-electron chi connectivity index (χ0n) is 9.92. The number of nitrogen functional groups attached to an aromatic ring is 1. The van der Waals surface area contributed by atoms with Gasteiger partial charge in [-0.1, -0.05) is 18.2 Å². The van der Waals surface area contributed by atoms with Gasteiger partial charge in [0.2, 0.25) is 0 Å². The minimum Gasteiger partial charge on any atom is -0.382 e. The van der Waals surface area contributed by atoms with Crippen molar-refractivity contribution in [2.45, 2.75) is 18.4 Å². The monoisotopic (exact) mass is 263 g/mol. The average Bonchev–Trinajstić information content (AvgIpc) is 2.75. The highest BCUT2D eigenvalue weighted by Crippen LogP contribution is 2.31. The standard InChI is InChI=1S/C12H13N3O2S/c1-8-4-2-3-5-10(8)15-11-7-18(16,17)6-9(11)12(13)14-15/h2-5H,6-7H2,1H3,(H2,13,14). The number of benzene rings is 1. The normalized spacial score (nSPS) is 16.7. The number of nitrogens with zero attached hydrogens (tertiary/aromatic N) is 2. The van der Waals surface area contributed by atoms with Gasteiger partial charge in [0.15, 0.2) is 9.84 Å². The zero-order valence-corrected chi connectivity index (χ0v) is 10.7. The minimum absolute atomic E-state index is 0.0000475. The molecule has 5 nitrogen and oxygen atoms in total. The molecule has 0 unspecified atom stereocenters. The summed E-state index contributed by atoms with van der Waals surface area (Å²) in [6.07, 6.45) is 0. The van der Waals surface area contributed by atoms with Crippen molar-refractivity contribution in [3.8, 4) is 5.69 Å². The summed E-state index contributed by atoms with van der Waals surface area (Å²) in [5.41, 5.74) is 9.06. The third-order valence-corrected chi connectivity index (χ3v) is 4.63. The van der Waals surface area contributed by atoms with E-state index in [1.165, 1.54) is 0 Å². The van der Waals surface area contributed by atoms with Crippen LogP contribution in [-0.2, 0) is 21.3 Å². The molecule has 1 aromatic carbocycles. The van der Waals surface area contributed by atoms with Crippen LogP contribution in [0.5, 0.6) is 0 Å². The quantitative estimate of drug-likeness (QED) is 0.838. The predicted molar refractivity (Wildman–Crippen MR) is 69.0 cm³/mol. The van der Waals surface area contributed by atoms with E-state index >= 15 is 0 Å². The van der Waals surface area contributed by atoms with Crippen molar-refractivity contribution in [2.75, 3.05) is 5.73 Å². The molecule has 0 fully saturated rings. The lowest BCUT2D eigenvalue weighted by Crippen LogP contribution is -2.07. The van der Waals surface area contributed by atoms with E-state index in [4.69, 9.17) is 5.73 Å². The Hall–Kier alpha value is -1.82. The molecule has 2 N–H and O–H groups in total. The number of aromatic nitrogens is 2. The van der Waals surface area contributed by atoms with Gasteiger partial charge in [-0.2, -0.15) is 5.10 Å². The molecule has 18 heavy (non-hydrogen) atoms. The van der Waals surface area contributed by atoms with Gasteiger partial charge >= 0.3 is 0 Å². The van der Waals surface area contributed by atoms with Crippen LogP contribution in [-0.4, -0.2) is 18.2 Å². The van der Waals surface area contributed by atoms with Crippen molar-refractivity contribution >= 4 is 15.7 Å². The predicted octanol–water partition coefficient (Wildman–Crippen LogP) is 1.19. The first kappa shape index (κ1) is 11.3. The third kappa shape index (κ3) is 1.60. The van der Waals surface area contributed by atoms with E-state index in [9.17, 15) is 8.42 Å². The van der Waals surface area contributed by atoms with E-state index in [0.29, 0.717) is 17.1 Å². The number of anilines is 1. The SMILES string of the molecule is Cc1ccccc1-n1nc(N)c2c1CS(=O)(=O)C2. The van der Waals surface area contributed by atoms with Crippen LogP contribution in [0, 0.1) is 6.92 Å². The summed E-state index contributed by atoms with van der Waals surface area (Å²) in [7, 11) is -3.07. The molecule has 6 heteroatoms. The molecule has 2 heterocycles. The Bertz CT molecular complexity index is 732. The fourth-order valence-electron chi connectivity index (χ4n) is 2.29. The van der Waals surface area contributed by atoms with Crippen LogP contribution in [0.3, 0.4) is 0 Å². The summed E-state index contributed by atoms with van der Waals surface area (Å²) in [6.45, 7) is 1.96. The lowest BCUT2D eigenvalue weighted by atomic mass is 10.2. The Morgan fingerprint density at radius 2 is 2.00 bits per heavy atom. The van der Waals surface area contributed by atoms with Crippen LogP contribution < -0.4 is 5.73 Å². The number of para-hydroxylation sites is 1. The van der Waals surface area contributed by atoms with Gasteiger partial charge in [-0.15, -0.1) is 0 Å². The Morgan fingerprint density at radius 1 is 1.28 bits per heavy atom. The number of hydrogen-bond acceptors (Lipinski definition) is 4. The van der Waals surface area contributed by atoms with Crippen LogP contribution in [0.2, 0.25) is 0 Å². The molecule has 1 aliphatic rings. The van der Waals surface area contributed by atoms with Crippen LogP contribution >= 0.6 is 0 Å². The number of rotatable bonds is 1. The van der Waals surface area contributed by atoms with Crippen LogP contribution in [0.15, 0.2) is 24.3 Å². The van der Waals surface area contributed by atoms with Crippen molar-refractivity contribution in [2.24, 2.45) is 0 Å². The third-order valence-electron chi connectivity index (χ3n) is 3.19. The number of aryl methyl sites for hydroxylation is 1. The van der Waals surface area contributed by atoms with Crippen LogP contribution in [0.25, 0.3) is 5.69 Å². The van der Waals surface area contributed by atoms with Crippen LogP contribution in [0.1, 0.15) is 16.8 Å². The molecular weight excluding hydrogens is 250 g/mol. The molecule has 0 aliphatic carbocycles. The summed E-state index contributed by atoms with van der Waals surface area (Å²) in [4.78, 5) is 0. The largest absolute Gasteiger partial charge is 0.382 e. The molecule has 0 bridgehead atoms. The van der Waals surface area contributed by atoms with Crippen molar-refractivity contribution in [1.82, 2.24) is 9.78 Å². The maximum Gasteiger partial charge on any atom is 0.160 e. The van der Waals surface area contributed by atoms with E-state index in [0.717, 1.165) is 11.3 Å². The minimum atomic E-state index is -3.07. The van der Waals surface area contributed by atoms with Gasteiger partial charge in [-0.05, 0) is 18.6 Å². The van der Waals surface area contributed by atoms with Crippen LogP contribution in [0.4, 0.5) is 5.82 Å². The molecule has 2 aromatic rings. The summed E-state index contributed by atoms with van der Waals surface area (Å²) in [5.74, 6) is 0.329. The fourth-order valence-corrected chi connectivity index (χ4v) is 3.86. The van der Waals surface area contributed by atoms with E-state index in [2.05, 4.69) is 5.10 Å². The highest BCUT2D eigenvalue weighted by molar-refractivity contribution is 7.90. The molecule has 3 rings (SSSR count). The highest BCUT2D eigenvalue weighted by atomic mass is 32.2. The molecule has 0 saturated heterocycles. The number of fused-ring (bicyclic) bond motifs is 1. The Kier molecular flexibility index (Phi) is 2.25. The molecule has 0 saturated carbocycles. The zero-order chi connectivity index (χ0) is 12.9. The number of sulfone groups is 1. The number of hydrogen-bond donors (Lipinski definition) is 1. The van der Waals surface area contributed by atoms with E-state index in [1.807, 2.05) is 31.2 Å². The summed E-state index contributed by atoms with van der Waals surface area (Å²) >= 11 is 0. The van der Waals surface area contributed by atoms with Crippen molar-refractivity contribution in [3.05, 3.63) is 41.1 Å². The van der Waals surface area contributed by atoms with Gasteiger partial charge in [-0.25, -0.2) is 13.1 Å². The van der Waals surface area contributed by atoms with Crippen molar-refractivity contribution in [1.29, 1.82) is 0 Å². The smallest absolute Gasteiger partial charge is 0.160 e. The maximum atomic E-state index is 11.7. The van der Waals surface area contributed by atoms with Crippen molar-refractivity contribution in [3.63, 3.8) is 0 Å². The van der Waals surface area contributed by atoms with Gasteiger partial charge in [0, 0.05) is 5.56 Å². The first-order chi connectivity index (χ1) is 8.48. The summed E-state index contributed by atoms with van der Waals surface area (Å²) in [6, 6.07) is 7.70. The van der Waals surface area contributed by atoms with E-state index in [1.54, 1.807) is 4.68 Å². The number of nitrogens with two attached hydrogens (primary N) is 1. The molecule has 1 aliphatic heterocycles.